The fourth-order valence-corrected chi connectivity index (χ4v) is 8.40. The first kappa shape index (κ1) is 44.7. The average molecular weight is 845 g/mol. The zero-order chi connectivity index (χ0) is 45.2. The summed E-state index contributed by atoms with van der Waals surface area (Å²) in [6.45, 7) is 11.7. The predicted molar refractivity (Wildman–Crippen MR) is 246 cm³/mol. The summed E-state index contributed by atoms with van der Waals surface area (Å²) >= 11 is 0. The van der Waals surface area contributed by atoms with E-state index < -0.39 is 11.5 Å². The first-order valence-electron chi connectivity index (χ1n) is 20.5. The Morgan fingerprint density at radius 3 is 1.16 bits per heavy atom. The molecule has 6 rings (SSSR count). The Labute approximate surface area is 362 Å². The number of rotatable bonds is 15. The summed E-state index contributed by atoms with van der Waals surface area (Å²) in [6.07, 6.45) is 3.94. The number of fused-ring (bicyclic) bond motifs is 2. The molecule has 6 N–H and O–H groups in total. The van der Waals surface area contributed by atoms with Crippen LogP contribution in [0.2, 0.25) is 0 Å². The number of hydrogen-bond acceptors (Lipinski definition) is 12. The fraction of sp³-hybridized carbons (Fsp3) is 0.320. The molecule has 12 nitrogen and oxygen atoms in total. The second-order valence-electron chi connectivity index (χ2n) is 16.0. The van der Waals surface area contributed by atoms with E-state index in [9.17, 15) is 30.6 Å². The van der Waals surface area contributed by atoms with Crippen LogP contribution in [0.4, 0.5) is 0 Å². The van der Waals surface area contributed by atoms with E-state index >= 15 is 0 Å². The summed E-state index contributed by atoms with van der Waals surface area (Å²) in [5, 5.41) is 72.4. The van der Waals surface area contributed by atoms with Gasteiger partial charge in [0.1, 0.15) is 11.5 Å². The number of benzene rings is 6. The number of phenols is 6. The van der Waals surface area contributed by atoms with Crippen LogP contribution in [0.25, 0.3) is 32.7 Å². The van der Waals surface area contributed by atoms with Gasteiger partial charge in [-0.15, -0.1) is 0 Å². The standard InChI is InChI=1S/C50H56N2O10/c1-25(2)39-31-19-27(5)41(47(55)43(31)33(45(53)49(39)57)23-51-17-15-29-11-13-35(59-7)37(21-29)61-9)42-28(6)20-32-40(26(3)4)50(58)46(54)34(44(32)48(42)56)24-52-18-16-30-12-14-36(60-8)38(22-30)62-10/h11-14,19-26,53-58H,15-18H2,1-10H3. The SMILES string of the molecule is COc1ccc(CCN=Cc2c(O)c(O)c(C(C)C)c3cc(C)c(-c4c(C)cc5c(C(C)C)c(O)c(O)c(C=NCCc6ccc(OC)c(OC)c6)c5c4O)c(O)c23)cc1OC. The summed E-state index contributed by atoms with van der Waals surface area (Å²) in [5.74, 6) is -0.0907. The maximum absolute atomic E-state index is 12.5. The molecule has 0 aliphatic carbocycles. The molecule has 6 aromatic carbocycles. The van der Waals surface area contributed by atoms with E-state index in [2.05, 4.69) is 9.98 Å². The quantitative estimate of drug-likeness (QED) is 0.0430. The highest BCUT2D eigenvalue weighted by molar-refractivity contribution is 6.15. The normalized spacial score (nSPS) is 11.9. The maximum Gasteiger partial charge on any atom is 0.167 e. The second-order valence-corrected chi connectivity index (χ2v) is 16.0. The second kappa shape index (κ2) is 18.4. The van der Waals surface area contributed by atoms with Crippen molar-refractivity contribution >= 4 is 34.0 Å². The third kappa shape index (κ3) is 8.16. The van der Waals surface area contributed by atoms with Crippen molar-refractivity contribution in [3.8, 4) is 68.6 Å². The molecule has 6 aromatic rings. The summed E-state index contributed by atoms with van der Waals surface area (Å²) in [4.78, 5) is 9.25. The molecule has 0 heterocycles. The van der Waals surface area contributed by atoms with Crippen LogP contribution in [0.15, 0.2) is 58.5 Å². The first-order chi connectivity index (χ1) is 29.6. The lowest BCUT2D eigenvalue weighted by Gasteiger charge is -2.23. The first-order valence-corrected chi connectivity index (χ1v) is 20.5. The number of aliphatic imine (C=N–C) groups is 2. The van der Waals surface area contributed by atoms with Crippen molar-refractivity contribution in [2.45, 2.75) is 66.2 Å². The molecule has 0 atom stereocenters. The summed E-state index contributed by atoms with van der Waals surface area (Å²) in [6, 6.07) is 14.8. The van der Waals surface area contributed by atoms with Crippen molar-refractivity contribution in [1.29, 1.82) is 0 Å². The molecule has 0 fully saturated rings. The van der Waals surface area contributed by atoms with Crippen LogP contribution in [0.5, 0.6) is 57.5 Å². The lowest BCUT2D eigenvalue weighted by atomic mass is 9.83. The monoisotopic (exact) mass is 844 g/mol. The van der Waals surface area contributed by atoms with Crippen molar-refractivity contribution in [3.05, 3.63) is 93.0 Å². The molecule has 0 amide bonds. The van der Waals surface area contributed by atoms with Gasteiger partial charge in [0.05, 0.1) is 28.4 Å². The number of aryl methyl sites for hydroxylation is 2. The van der Waals surface area contributed by atoms with Crippen LogP contribution in [0.1, 0.15) is 84.0 Å². The lowest BCUT2D eigenvalue weighted by molar-refractivity contribution is 0.354. The third-order valence-electron chi connectivity index (χ3n) is 11.4. The zero-order valence-corrected chi connectivity index (χ0v) is 37.0. The molecule has 0 saturated heterocycles. The van der Waals surface area contributed by atoms with Gasteiger partial charge in [0.25, 0.3) is 0 Å². The van der Waals surface area contributed by atoms with E-state index in [1.165, 1.54) is 12.4 Å². The van der Waals surface area contributed by atoms with Gasteiger partial charge in [0, 0.05) is 69.7 Å². The van der Waals surface area contributed by atoms with Gasteiger partial charge in [0.2, 0.25) is 0 Å². The zero-order valence-electron chi connectivity index (χ0n) is 37.0. The number of aromatic hydroxyl groups is 6. The summed E-state index contributed by atoms with van der Waals surface area (Å²) < 4.78 is 21.6. The Morgan fingerprint density at radius 1 is 0.484 bits per heavy atom. The highest BCUT2D eigenvalue weighted by atomic mass is 16.5. The van der Waals surface area contributed by atoms with E-state index in [0.717, 1.165) is 11.1 Å². The molecule has 0 aromatic heterocycles. The third-order valence-corrected chi connectivity index (χ3v) is 11.4. The molecule has 326 valence electrons. The highest BCUT2D eigenvalue weighted by Gasteiger charge is 2.29. The van der Waals surface area contributed by atoms with Crippen LogP contribution in [-0.2, 0) is 12.8 Å². The Balaban J connectivity index is 1.52. The topological polar surface area (TPSA) is 183 Å². The highest BCUT2D eigenvalue weighted by Crippen LogP contribution is 2.54. The van der Waals surface area contributed by atoms with Crippen molar-refractivity contribution in [2.75, 3.05) is 41.5 Å². The number of phenolic OH excluding ortho intramolecular Hbond substituents is 6. The molecule has 0 unspecified atom stereocenters. The molecule has 0 bridgehead atoms. The van der Waals surface area contributed by atoms with Crippen LogP contribution in [-0.4, -0.2) is 84.6 Å². The summed E-state index contributed by atoms with van der Waals surface area (Å²) in [5.41, 5.74) is 4.70. The molecule has 0 saturated carbocycles. The molecular formula is C50H56N2O10. The van der Waals surface area contributed by atoms with Crippen LogP contribution >= 0.6 is 0 Å². The van der Waals surface area contributed by atoms with Crippen molar-refractivity contribution in [1.82, 2.24) is 0 Å². The van der Waals surface area contributed by atoms with Gasteiger partial charge < -0.3 is 49.6 Å². The minimum atomic E-state index is -0.436. The lowest BCUT2D eigenvalue weighted by Crippen LogP contribution is -2.02. The van der Waals surface area contributed by atoms with E-state index in [4.69, 9.17) is 18.9 Å². The molecular weight excluding hydrogens is 789 g/mol. The van der Waals surface area contributed by atoms with Crippen molar-refractivity contribution in [3.63, 3.8) is 0 Å². The fourth-order valence-electron chi connectivity index (χ4n) is 8.40. The number of methoxy groups -OCH3 is 4. The molecule has 0 aliphatic rings. The predicted octanol–water partition coefficient (Wildman–Crippen LogP) is 10.1. The van der Waals surface area contributed by atoms with Gasteiger partial charge in [-0.3, -0.25) is 9.98 Å². The van der Waals surface area contributed by atoms with Crippen molar-refractivity contribution in [2.24, 2.45) is 9.98 Å². The number of hydrogen-bond donors (Lipinski definition) is 6. The van der Waals surface area contributed by atoms with Crippen LogP contribution < -0.4 is 18.9 Å². The summed E-state index contributed by atoms with van der Waals surface area (Å²) in [7, 11) is 6.28. The van der Waals surface area contributed by atoms with E-state index in [0.29, 0.717) is 82.0 Å². The molecule has 0 spiro atoms. The molecule has 62 heavy (non-hydrogen) atoms. The van der Waals surface area contributed by atoms with Gasteiger partial charge in [-0.2, -0.15) is 0 Å². The Kier molecular flexibility index (Phi) is 13.3. The van der Waals surface area contributed by atoms with E-state index in [-0.39, 0.29) is 67.9 Å². The van der Waals surface area contributed by atoms with E-state index in [1.807, 2.05) is 76.2 Å². The van der Waals surface area contributed by atoms with Gasteiger partial charge in [0.15, 0.2) is 46.0 Å². The van der Waals surface area contributed by atoms with Gasteiger partial charge in [-0.05, 0) is 95.8 Å². The number of ether oxygens (including phenoxy) is 4. The van der Waals surface area contributed by atoms with Crippen LogP contribution in [0.3, 0.4) is 0 Å². The average Bonchev–Trinajstić information content (AvgIpc) is 3.24. The largest absolute Gasteiger partial charge is 0.507 e. The van der Waals surface area contributed by atoms with Gasteiger partial charge in [-0.1, -0.05) is 52.0 Å². The molecule has 12 heteroatoms. The Morgan fingerprint density at radius 2 is 0.839 bits per heavy atom. The van der Waals surface area contributed by atoms with Gasteiger partial charge >= 0.3 is 0 Å². The van der Waals surface area contributed by atoms with E-state index in [1.54, 1.807) is 42.3 Å². The minimum Gasteiger partial charge on any atom is -0.507 e. The minimum absolute atomic E-state index is 0.109. The molecule has 0 aliphatic heterocycles. The van der Waals surface area contributed by atoms with Crippen LogP contribution in [0, 0.1) is 13.8 Å². The Bertz CT molecular complexity index is 2550. The number of nitrogens with zero attached hydrogens (tertiary/aromatic N) is 2. The molecule has 0 radical (unpaired) electrons. The maximum atomic E-state index is 12.5. The van der Waals surface area contributed by atoms with Gasteiger partial charge in [-0.25, -0.2) is 0 Å². The van der Waals surface area contributed by atoms with Crippen molar-refractivity contribution < 1.29 is 49.6 Å². The Hall–Kier alpha value is -6.82. The smallest absolute Gasteiger partial charge is 0.167 e.